The van der Waals surface area contributed by atoms with E-state index in [0.29, 0.717) is 22.2 Å². The monoisotopic (exact) mass is 395 g/mol. The Morgan fingerprint density at radius 3 is 2.74 bits per heavy atom. The lowest BCUT2D eigenvalue weighted by atomic mass is 10.2. The first-order valence-electron chi connectivity index (χ1n) is 8.11. The second kappa shape index (κ2) is 7.34. The number of ether oxygens (including phenoxy) is 1. The van der Waals surface area contributed by atoms with Crippen LogP contribution in [0.3, 0.4) is 0 Å². The fourth-order valence-corrected chi connectivity index (χ4v) is 3.78. The number of carbonyl (C=O) groups excluding carboxylic acids is 1. The first kappa shape index (κ1) is 17.5. The van der Waals surface area contributed by atoms with E-state index in [1.165, 1.54) is 18.4 Å². The van der Waals surface area contributed by atoms with Crippen molar-refractivity contribution in [1.29, 1.82) is 0 Å². The molecular formula is C20H14ClN3O2S. The van der Waals surface area contributed by atoms with Gasteiger partial charge < -0.3 is 10.1 Å². The lowest BCUT2D eigenvalue weighted by Gasteiger charge is -2.11. The molecule has 0 spiro atoms. The molecule has 5 nitrogen and oxygen atoms in total. The summed E-state index contributed by atoms with van der Waals surface area (Å²) in [7, 11) is 1.36. The lowest BCUT2D eigenvalue weighted by molar-refractivity contribution is 0.0601. The van der Waals surface area contributed by atoms with Crippen molar-refractivity contribution in [2.75, 3.05) is 12.4 Å². The van der Waals surface area contributed by atoms with Crippen molar-refractivity contribution in [2.24, 2.45) is 0 Å². The molecule has 0 aliphatic rings. The smallest absolute Gasteiger partial charge is 0.337 e. The predicted octanol–water partition coefficient (Wildman–Crippen LogP) is 5.54. The number of nitrogens with zero attached hydrogens (tertiary/aromatic N) is 2. The number of esters is 1. The standard InChI is InChI=1S/C20H14ClN3O2S/c1-26-20(25)12-5-4-6-13(11-12)22-18-14-7-2-3-8-16(14)23-19(24-18)17-15(21)9-10-27-17/h2-11H,1H3,(H,22,23,24). The van der Waals surface area contributed by atoms with E-state index in [0.717, 1.165) is 21.5 Å². The normalized spacial score (nSPS) is 10.7. The maximum Gasteiger partial charge on any atom is 0.337 e. The highest BCUT2D eigenvalue weighted by molar-refractivity contribution is 7.14. The lowest BCUT2D eigenvalue weighted by Crippen LogP contribution is -2.03. The Balaban J connectivity index is 1.81. The summed E-state index contributed by atoms with van der Waals surface area (Å²) >= 11 is 7.76. The largest absolute Gasteiger partial charge is 0.465 e. The van der Waals surface area contributed by atoms with Crippen molar-refractivity contribution < 1.29 is 9.53 Å². The van der Waals surface area contributed by atoms with Crippen LogP contribution in [0, 0.1) is 0 Å². The molecule has 4 aromatic rings. The SMILES string of the molecule is COC(=O)c1cccc(Nc2nc(-c3sccc3Cl)nc3ccccc23)c1. The van der Waals surface area contributed by atoms with Gasteiger partial charge in [0.15, 0.2) is 5.82 Å². The third-order valence-corrected chi connectivity index (χ3v) is 5.31. The molecule has 0 fully saturated rings. The van der Waals surface area contributed by atoms with Crippen LogP contribution in [0.25, 0.3) is 21.6 Å². The van der Waals surface area contributed by atoms with Crippen molar-refractivity contribution in [2.45, 2.75) is 0 Å². The number of hydrogen-bond donors (Lipinski definition) is 1. The van der Waals surface area contributed by atoms with Gasteiger partial charge >= 0.3 is 5.97 Å². The van der Waals surface area contributed by atoms with E-state index in [1.54, 1.807) is 18.2 Å². The summed E-state index contributed by atoms with van der Waals surface area (Å²) < 4.78 is 4.79. The number of carbonyl (C=O) groups is 1. The first-order chi connectivity index (χ1) is 13.2. The van der Waals surface area contributed by atoms with Gasteiger partial charge in [-0.25, -0.2) is 14.8 Å². The Morgan fingerprint density at radius 2 is 1.96 bits per heavy atom. The van der Waals surface area contributed by atoms with Crippen LogP contribution in [0.4, 0.5) is 11.5 Å². The van der Waals surface area contributed by atoms with Crippen LogP contribution < -0.4 is 5.32 Å². The fraction of sp³-hybridized carbons (Fsp3) is 0.0500. The second-order valence-corrected chi connectivity index (χ2v) is 7.03. The molecule has 0 saturated carbocycles. The van der Waals surface area contributed by atoms with Gasteiger partial charge in [0, 0.05) is 11.1 Å². The minimum absolute atomic E-state index is 0.391. The van der Waals surface area contributed by atoms with Crippen LogP contribution in [0.2, 0.25) is 5.02 Å². The minimum Gasteiger partial charge on any atom is -0.465 e. The van der Waals surface area contributed by atoms with Gasteiger partial charge in [-0.15, -0.1) is 11.3 Å². The molecule has 0 aliphatic carbocycles. The molecule has 27 heavy (non-hydrogen) atoms. The number of hydrogen-bond acceptors (Lipinski definition) is 6. The van der Waals surface area contributed by atoms with Crippen molar-refractivity contribution in [3.05, 3.63) is 70.6 Å². The Labute approximate surface area is 164 Å². The summed E-state index contributed by atoms with van der Waals surface area (Å²) in [6.07, 6.45) is 0. The molecule has 1 N–H and O–H groups in total. The molecule has 0 aliphatic heterocycles. The zero-order valence-corrected chi connectivity index (χ0v) is 15.8. The maximum atomic E-state index is 11.8. The molecule has 2 aromatic heterocycles. The summed E-state index contributed by atoms with van der Waals surface area (Å²) in [5.74, 6) is 0.805. The topological polar surface area (TPSA) is 64.1 Å². The number of benzene rings is 2. The van der Waals surface area contributed by atoms with E-state index in [9.17, 15) is 4.79 Å². The molecular weight excluding hydrogens is 382 g/mol. The van der Waals surface area contributed by atoms with Gasteiger partial charge in [-0.3, -0.25) is 0 Å². The van der Waals surface area contributed by atoms with Crippen molar-refractivity contribution in [3.8, 4) is 10.7 Å². The summed E-state index contributed by atoms with van der Waals surface area (Å²) in [5, 5.41) is 6.69. The van der Waals surface area contributed by atoms with Crippen molar-refractivity contribution >= 4 is 51.3 Å². The highest BCUT2D eigenvalue weighted by Gasteiger charge is 2.14. The van der Waals surface area contributed by atoms with Gasteiger partial charge in [-0.2, -0.15) is 0 Å². The van der Waals surface area contributed by atoms with Gasteiger partial charge in [0.25, 0.3) is 0 Å². The van der Waals surface area contributed by atoms with Gasteiger partial charge in [-0.05, 0) is 41.8 Å². The average Bonchev–Trinajstić information content (AvgIpc) is 3.13. The fourth-order valence-electron chi connectivity index (χ4n) is 2.71. The van der Waals surface area contributed by atoms with Gasteiger partial charge in [0.1, 0.15) is 5.82 Å². The highest BCUT2D eigenvalue weighted by Crippen LogP contribution is 2.34. The second-order valence-electron chi connectivity index (χ2n) is 5.71. The minimum atomic E-state index is -0.391. The van der Waals surface area contributed by atoms with Crippen LogP contribution in [0.1, 0.15) is 10.4 Å². The van der Waals surface area contributed by atoms with E-state index in [1.807, 2.05) is 41.8 Å². The molecule has 0 atom stereocenters. The number of rotatable bonds is 4. The molecule has 134 valence electrons. The molecule has 0 unspecified atom stereocenters. The molecule has 0 amide bonds. The van der Waals surface area contributed by atoms with Crippen LogP contribution >= 0.6 is 22.9 Å². The molecule has 4 rings (SSSR count). The molecule has 0 radical (unpaired) electrons. The maximum absolute atomic E-state index is 11.8. The van der Waals surface area contributed by atoms with Gasteiger partial charge in [0.05, 0.1) is 28.1 Å². The van der Waals surface area contributed by atoms with Gasteiger partial charge in [0.2, 0.25) is 0 Å². The third kappa shape index (κ3) is 3.49. The van der Waals surface area contributed by atoms with Crippen LogP contribution in [-0.4, -0.2) is 23.0 Å². The molecule has 0 bridgehead atoms. The van der Waals surface area contributed by atoms with Crippen molar-refractivity contribution in [3.63, 3.8) is 0 Å². The Bertz CT molecular complexity index is 1140. The van der Waals surface area contributed by atoms with E-state index in [-0.39, 0.29) is 0 Å². The molecule has 7 heteroatoms. The Morgan fingerprint density at radius 1 is 1.11 bits per heavy atom. The van der Waals surface area contributed by atoms with Crippen LogP contribution in [0.5, 0.6) is 0 Å². The number of thiophene rings is 1. The Kier molecular flexibility index (Phi) is 4.75. The first-order valence-corrected chi connectivity index (χ1v) is 9.37. The number of fused-ring (bicyclic) bond motifs is 1. The van der Waals surface area contributed by atoms with E-state index in [4.69, 9.17) is 16.3 Å². The summed E-state index contributed by atoms with van der Waals surface area (Å²) in [4.78, 5) is 21.9. The number of anilines is 2. The number of methoxy groups -OCH3 is 1. The zero-order chi connectivity index (χ0) is 18.8. The number of para-hydroxylation sites is 1. The predicted molar refractivity (Wildman–Crippen MR) is 109 cm³/mol. The van der Waals surface area contributed by atoms with Gasteiger partial charge in [-0.1, -0.05) is 29.8 Å². The average molecular weight is 396 g/mol. The van der Waals surface area contributed by atoms with E-state index >= 15 is 0 Å². The number of aromatic nitrogens is 2. The molecule has 2 aromatic carbocycles. The Hall–Kier alpha value is -2.96. The van der Waals surface area contributed by atoms with Crippen LogP contribution in [0.15, 0.2) is 60.0 Å². The summed E-state index contributed by atoms with van der Waals surface area (Å²) in [5.41, 5.74) is 1.99. The van der Waals surface area contributed by atoms with Crippen molar-refractivity contribution in [1.82, 2.24) is 9.97 Å². The van der Waals surface area contributed by atoms with Crippen LogP contribution in [-0.2, 0) is 4.74 Å². The molecule has 2 heterocycles. The highest BCUT2D eigenvalue weighted by atomic mass is 35.5. The third-order valence-electron chi connectivity index (χ3n) is 3.97. The summed E-state index contributed by atoms with van der Waals surface area (Å²) in [6, 6.07) is 16.6. The quantitative estimate of drug-likeness (QED) is 0.459. The number of halogens is 1. The van der Waals surface area contributed by atoms with E-state index in [2.05, 4.69) is 15.3 Å². The summed E-state index contributed by atoms with van der Waals surface area (Å²) in [6.45, 7) is 0. The zero-order valence-electron chi connectivity index (χ0n) is 14.3. The molecule has 0 saturated heterocycles. The van der Waals surface area contributed by atoms with E-state index < -0.39 is 5.97 Å². The number of nitrogens with one attached hydrogen (secondary N) is 1.